The van der Waals surface area contributed by atoms with Crippen LogP contribution in [0.2, 0.25) is 0 Å². The normalized spacial score (nSPS) is 11.5. The molecule has 0 atom stereocenters. The van der Waals surface area contributed by atoms with Crippen molar-refractivity contribution in [2.24, 2.45) is 4.99 Å². The highest BCUT2D eigenvalue weighted by Crippen LogP contribution is 2.41. The summed E-state index contributed by atoms with van der Waals surface area (Å²) < 4.78 is 24.3. The summed E-state index contributed by atoms with van der Waals surface area (Å²) in [5, 5.41) is 2.07. The van der Waals surface area contributed by atoms with Crippen LogP contribution in [-0.2, 0) is 6.54 Å². The quantitative estimate of drug-likeness (QED) is 0.415. The Morgan fingerprint density at radius 1 is 0.933 bits per heavy atom. The first-order valence-electron chi connectivity index (χ1n) is 9.34. The first-order valence-corrected chi connectivity index (χ1v) is 10.2. The molecule has 0 aliphatic carbocycles. The number of nitrogens with zero attached hydrogens (tertiary/aromatic N) is 2. The summed E-state index contributed by atoms with van der Waals surface area (Å²) in [7, 11) is 4.82. The van der Waals surface area contributed by atoms with Crippen molar-refractivity contribution in [3.8, 4) is 28.5 Å². The maximum atomic E-state index is 5.60. The highest BCUT2D eigenvalue weighted by Gasteiger charge is 2.17. The van der Waals surface area contributed by atoms with E-state index in [9.17, 15) is 0 Å². The Kier molecular flexibility index (Phi) is 5.90. The molecular weight excluding hydrogens is 400 g/mol. The Bertz CT molecular complexity index is 1150. The van der Waals surface area contributed by atoms with E-state index in [1.165, 1.54) is 0 Å². The molecule has 6 nitrogen and oxygen atoms in total. The van der Waals surface area contributed by atoms with Crippen molar-refractivity contribution in [3.63, 3.8) is 0 Å². The predicted octanol–water partition coefficient (Wildman–Crippen LogP) is 5.12. The number of methoxy groups -OCH3 is 3. The molecule has 154 valence electrons. The Morgan fingerprint density at radius 3 is 2.27 bits per heavy atom. The topological polar surface area (TPSA) is 58.1 Å². The van der Waals surface area contributed by atoms with Gasteiger partial charge in [-0.05, 0) is 36.4 Å². The lowest BCUT2D eigenvalue weighted by Gasteiger charge is -2.15. The Hall–Kier alpha value is -3.45. The largest absolute Gasteiger partial charge is 0.493 e. The summed E-state index contributed by atoms with van der Waals surface area (Å²) >= 11 is 1.57. The fraction of sp³-hybridized carbons (Fsp3) is 0.174. The molecule has 2 aromatic heterocycles. The smallest absolute Gasteiger partial charge is 0.203 e. The van der Waals surface area contributed by atoms with Gasteiger partial charge in [-0.3, -0.25) is 0 Å². The molecule has 0 bridgehead atoms. The number of ether oxygens (including phenoxy) is 3. The number of hydrogen-bond donors (Lipinski definition) is 0. The lowest BCUT2D eigenvalue weighted by Crippen LogP contribution is -2.16. The van der Waals surface area contributed by atoms with E-state index in [0.29, 0.717) is 23.8 Å². The van der Waals surface area contributed by atoms with E-state index in [1.54, 1.807) is 38.9 Å². The lowest BCUT2D eigenvalue weighted by molar-refractivity contribution is 0.324. The van der Waals surface area contributed by atoms with Gasteiger partial charge in [0.1, 0.15) is 5.76 Å². The molecule has 0 saturated heterocycles. The van der Waals surface area contributed by atoms with Gasteiger partial charge in [0.15, 0.2) is 16.3 Å². The lowest BCUT2D eigenvalue weighted by atomic mass is 10.1. The van der Waals surface area contributed by atoms with Crippen LogP contribution in [0.3, 0.4) is 0 Å². The van der Waals surface area contributed by atoms with Crippen LogP contribution in [0.5, 0.6) is 17.2 Å². The number of rotatable bonds is 7. The molecule has 0 aliphatic heterocycles. The van der Waals surface area contributed by atoms with Crippen LogP contribution in [0, 0.1) is 0 Å². The first kappa shape index (κ1) is 19.8. The molecule has 30 heavy (non-hydrogen) atoms. The summed E-state index contributed by atoms with van der Waals surface area (Å²) in [4.78, 5) is 5.70. The molecule has 7 heteroatoms. The van der Waals surface area contributed by atoms with Gasteiger partial charge in [-0.2, -0.15) is 0 Å². The molecule has 0 saturated carbocycles. The van der Waals surface area contributed by atoms with Crippen LogP contribution < -0.4 is 19.0 Å². The molecule has 0 spiro atoms. The van der Waals surface area contributed by atoms with Crippen molar-refractivity contribution in [1.29, 1.82) is 0 Å². The third-order valence-electron chi connectivity index (χ3n) is 4.63. The SMILES string of the molecule is COc1cc(-c2csc(=Nc3ccccc3)n2Cc2ccco2)cc(OC)c1OC. The standard InChI is InChI=1S/C23H22N2O4S/c1-26-20-12-16(13-21(27-2)22(20)28-3)19-15-30-23(24-17-8-5-4-6-9-17)25(19)14-18-10-7-11-29-18/h4-13,15H,14H2,1-3H3. The molecule has 2 heterocycles. The van der Waals surface area contributed by atoms with Crippen LogP contribution >= 0.6 is 11.3 Å². The fourth-order valence-electron chi connectivity index (χ4n) is 3.20. The molecule has 0 N–H and O–H groups in total. The molecule has 2 aromatic carbocycles. The number of furan rings is 1. The van der Waals surface area contributed by atoms with E-state index in [0.717, 1.165) is 27.5 Å². The van der Waals surface area contributed by atoms with E-state index in [1.807, 2.05) is 54.6 Å². The van der Waals surface area contributed by atoms with E-state index in [4.69, 9.17) is 23.6 Å². The van der Waals surface area contributed by atoms with Gasteiger partial charge in [-0.1, -0.05) is 18.2 Å². The summed E-state index contributed by atoms with van der Waals surface area (Å²) in [5.41, 5.74) is 2.80. The number of benzene rings is 2. The number of para-hydroxylation sites is 1. The van der Waals surface area contributed by atoms with Gasteiger partial charge in [0.05, 0.1) is 45.5 Å². The van der Waals surface area contributed by atoms with Gasteiger partial charge in [-0.25, -0.2) is 4.99 Å². The van der Waals surface area contributed by atoms with Crippen molar-refractivity contribution >= 4 is 17.0 Å². The van der Waals surface area contributed by atoms with Gasteiger partial charge in [0.25, 0.3) is 0 Å². The van der Waals surface area contributed by atoms with Gasteiger partial charge in [0, 0.05) is 10.9 Å². The molecule has 0 amide bonds. The van der Waals surface area contributed by atoms with Gasteiger partial charge in [0.2, 0.25) is 5.75 Å². The van der Waals surface area contributed by atoms with Gasteiger partial charge in [-0.15, -0.1) is 11.3 Å². The highest BCUT2D eigenvalue weighted by molar-refractivity contribution is 7.07. The summed E-state index contributed by atoms with van der Waals surface area (Å²) in [6, 6.07) is 17.6. The zero-order valence-corrected chi connectivity index (χ0v) is 17.8. The fourth-order valence-corrected chi connectivity index (χ4v) is 4.13. The van der Waals surface area contributed by atoms with Crippen LogP contribution in [0.1, 0.15) is 5.76 Å². The zero-order valence-electron chi connectivity index (χ0n) is 17.0. The van der Waals surface area contributed by atoms with Crippen LogP contribution in [0.15, 0.2) is 75.7 Å². The molecule has 0 radical (unpaired) electrons. The predicted molar refractivity (Wildman–Crippen MR) is 117 cm³/mol. The molecule has 0 fully saturated rings. The second kappa shape index (κ2) is 8.92. The van der Waals surface area contributed by atoms with Crippen molar-refractivity contribution in [2.75, 3.05) is 21.3 Å². The van der Waals surface area contributed by atoms with E-state index < -0.39 is 0 Å². The Balaban J connectivity index is 1.89. The number of hydrogen-bond acceptors (Lipinski definition) is 6. The van der Waals surface area contributed by atoms with E-state index in [2.05, 4.69) is 9.95 Å². The van der Waals surface area contributed by atoms with Gasteiger partial charge >= 0.3 is 0 Å². The van der Waals surface area contributed by atoms with Crippen molar-refractivity contribution in [1.82, 2.24) is 4.57 Å². The molecule has 4 aromatic rings. The summed E-state index contributed by atoms with van der Waals surface area (Å²) in [5.74, 6) is 2.61. The van der Waals surface area contributed by atoms with Crippen LogP contribution in [0.25, 0.3) is 11.3 Å². The third kappa shape index (κ3) is 3.97. The van der Waals surface area contributed by atoms with Crippen LogP contribution in [0.4, 0.5) is 5.69 Å². The monoisotopic (exact) mass is 422 g/mol. The summed E-state index contributed by atoms with van der Waals surface area (Å²) in [6.45, 7) is 0.550. The highest BCUT2D eigenvalue weighted by atomic mass is 32.1. The molecular formula is C23H22N2O4S. The maximum absolute atomic E-state index is 5.60. The van der Waals surface area contributed by atoms with E-state index in [-0.39, 0.29) is 0 Å². The van der Waals surface area contributed by atoms with Crippen molar-refractivity contribution < 1.29 is 18.6 Å². The van der Waals surface area contributed by atoms with Gasteiger partial charge < -0.3 is 23.2 Å². The number of aromatic nitrogens is 1. The Morgan fingerprint density at radius 2 is 1.67 bits per heavy atom. The average Bonchev–Trinajstić information content (AvgIpc) is 3.44. The van der Waals surface area contributed by atoms with Crippen molar-refractivity contribution in [3.05, 3.63) is 76.8 Å². The van der Waals surface area contributed by atoms with E-state index >= 15 is 0 Å². The maximum Gasteiger partial charge on any atom is 0.203 e. The number of thiazole rings is 1. The molecule has 0 aliphatic rings. The average molecular weight is 423 g/mol. The summed E-state index contributed by atoms with van der Waals surface area (Å²) in [6.07, 6.45) is 1.68. The van der Waals surface area contributed by atoms with Crippen LogP contribution in [-0.4, -0.2) is 25.9 Å². The third-order valence-corrected chi connectivity index (χ3v) is 5.50. The van der Waals surface area contributed by atoms with Crippen molar-refractivity contribution in [2.45, 2.75) is 6.54 Å². The minimum Gasteiger partial charge on any atom is -0.493 e. The Labute approximate surface area is 178 Å². The zero-order chi connectivity index (χ0) is 20.9. The molecule has 4 rings (SSSR count). The second-order valence-electron chi connectivity index (χ2n) is 6.43. The second-order valence-corrected chi connectivity index (χ2v) is 7.27. The minimum absolute atomic E-state index is 0.550. The molecule has 0 unspecified atom stereocenters. The minimum atomic E-state index is 0.550. The first-order chi connectivity index (χ1) is 14.7.